The van der Waals surface area contributed by atoms with Crippen LogP contribution >= 0.6 is 11.6 Å². The lowest BCUT2D eigenvalue weighted by Crippen LogP contribution is -2.45. The van der Waals surface area contributed by atoms with Gasteiger partial charge in [0.25, 0.3) is 0 Å². The molecule has 0 spiro atoms. The fourth-order valence-electron chi connectivity index (χ4n) is 4.43. The Hall–Kier alpha value is -1.91. The van der Waals surface area contributed by atoms with Gasteiger partial charge in [-0.15, -0.1) is 0 Å². The molecule has 11 heteroatoms. The van der Waals surface area contributed by atoms with Crippen LogP contribution in [0, 0.1) is 6.92 Å². The molecule has 182 valence electrons. The number of aryl methyl sites for hydroxylation is 1. The number of rotatable bonds is 6. The van der Waals surface area contributed by atoms with E-state index in [0.717, 1.165) is 41.9 Å². The number of ether oxygens (including phenoxy) is 1. The smallest absolute Gasteiger partial charge is 0.404 e. The molecule has 33 heavy (non-hydrogen) atoms. The third-order valence-corrected chi connectivity index (χ3v) is 12.1. The standard InChI is InChI=1S/C22H35ClN6O3Si/c1-13-17-18(28-9-7-8-14(28)12-31-33(5,6)22(2,3)4)25-20(23)26-19(17)29(27-13)15-10-16(11-15)32-21(24)30/h14-16H,7-12H2,1-6H3,(H2,24,30)/t14-,15?,16?/m0/s1. The molecule has 2 N–H and O–H groups in total. The largest absolute Gasteiger partial charge is 0.446 e. The molecule has 0 aromatic carbocycles. The van der Waals surface area contributed by atoms with Crippen LogP contribution in [-0.2, 0) is 9.16 Å². The van der Waals surface area contributed by atoms with E-state index in [2.05, 4.69) is 48.7 Å². The van der Waals surface area contributed by atoms with E-state index >= 15 is 0 Å². The third kappa shape index (κ3) is 4.70. The van der Waals surface area contributed by atoms with Crippen LogP contribution in [0.15, 0.2) is 0 Å². The Balaban J connectivity index is 1.60. The summed E-state index contributed by atoms with van der Waals surface area (Å²) >= 11 is 6.40. The molecule has 0 radical (unpaired) electrons. The summed E-state index contributed by atoms with van der Waals surface area (Å²) in [4.78, 5) is 22.5. The number of amides is 1. The van der Waals surface area contributed by atoms with Crippen molar-refractivity contribution in [1.82, 2.24) is 19.7 Å². The fourth-order valence-corrected chi connectivity index (χ4v) is 5.63. The fraction of sp³-hybridized carbons (Fsp3) is 0.727. The number of carbonyl (C=O) groups is 1. The number of hydrogen-bond donors (Lipinski definition) is 1. The van der Waals surface area contributed by atoms with Crippen molar-refractivity contribution in [2.45, 2.75) is 89.7 Å². The zero-order valence-electron chi connectivity index (χ0n) is 20.4. The topological polar surface area (TPSA) is 108 Å². The highest BCUT2D eigenvalue weighted by molar-refractivity contribution is 6.74. The number of fused-ring (bicyclic) bond motifs is 1. The first kappa shape index (κ1) is 24.2. The monoisotopic (exact) mass is 494 g/mol. The molecule has 0 bridgehead atoms. The van der Waals surface area contributed by atoms with Crippen LogP contribution in [0.4, 0.5) is 10.6 Å². The van der Waals surface area contributed by atoms with E-state index in [1.54, 1.807) is 0 Å². The second-order valence-corrected chi connectivity index (χ2v) is 15.9. The number of nitrogens with zero attached hydrogens (tertiary/aromatic N) is 5. The van der Waals surface area contributed by atoms with Crippen LogP contribution < -0.4 is 10.6 Å². The zero-order chi connectivity index (χ0) is 24.1. The Kier molecular flexibility index (Phi) is 6.39. The van der Waals surface area contributed by atoms with Crippen LogP contribution in [0.1, 0.15) is 58.2 Å². The number of primary amides is 1. The van der Waals surface area contributed by atoms with Crippen molar-refractivity contribution in [3.63, 3.8) is 0 Å². The Bertz CT molecular complexity index is 1050. The highest BCUT2D eigenvalue weighted by atomic mass is 35.5. The molecule has 3 heterocycles. The first-order valence-electron chi connectivity index (χ1n) is 11.7. The second kappa shape index (κ2) is 8.70. The van der Waals surface area contributed by atoms with E-state index < -0.39 is 14.4 Å². The molecule has 1 saturated carbocycles. The second-order valence-electron chi connectivity index (χ2n) is 10.8. The minimum absolute atomic E-state index is 0.0839. The molecule has 1 amide bonds. The summed E-state index contributed by atoms with van der Waals surface area (Å²) in [6, 6.07) is 0.328. The summed E-state index contributed by atoms with van der Waals surface area (Å²) in [5.41, 5.74) is 6.73. The molecule has 2 fully saturated rings. The van der Waals surface area contributed by atoms with Crippen molar-refractivity contribution in [2.75, 3.05) is 18.1 Å². The van der Waals surface area contributed by atoms with Gasteiger partial charge in [0.05, 0.1) is 29.8 Å². The van der Waals surface area contributed by atoms with Crippen molar-refractivity contribution in [1.29, 1.82) is 0 Å². The molecule has 2 aliphatic rings. The van der Waals surface area contributed by atoms with Crippen molar-refractivity contribution >= 4 is 42.9 Å². The van der Waals surface area contributed by atoms with Crippen LogP contribution in [0.2, 0.25) is 23.4 Å². The zero-order valence-corrected chi connectivity index (χ0v) is 22.1. The molecule has 9 nitrogen and oxygen atoms in total. The average Bonchev–Trinajstić information content (AvgIpc) is 3.26. The van der Waals surface area contributed by atoms with E-state index in [0.29, 0.717) is 19.4 Å². The maximum absolute atomic E-state index is 11.0. The Morgan fingerprint density at radius 2 is 1.97 bits per heavy atom. The van der Waals surface area contributed by atoms with E-state index in [9.17, 15) is 4.79 Å². The normalized spacial score (nSPS) is 23.7. The van der Waals surface area contributed by atoms with Gasteiger partial charge in [0, 0.05) is 19.4 Å². The Morgan fingerprint density at radius 1 is 1.27 bits per heavy atom. The lowest BCUT2D eigenvalue weighted by Gasteiger charge is -2.38. The maximum Gasteiger partial charge on any atom is 0.404 e. The number of hydrogen-bond acceptors (Lipinski definition) is 7. The van der Waals surface area contributed by atoms with E-state index in [4.69, 9.17) is 31.6 Å². The van der Waals surface area contributed by atoms with E-state index in [-0.39, 0.29) is 28.5 Å². The minimum atomic E-state index is -1.85. The Morgan fingerprint density at radius 3 is 2.61 bits per heavy atom. The van der Waals surface area contributed by atoms with Gasteiger partial charge in [0.2, 0.25) is 5.28 Å². The lowest BCUT2D eigenvalue weighted by atomic mass is 9.89. The molecular formula is C22H35ClN6O3Si. The number of nitrogens with two attached hydrogens (primary N) is 1. The van der Waals surface area contributed by atoms with Gasteiger partial charge in [-0.3, -0.25) is 0 Å². The number of aromatic nitrogens is 4. The van der Waals surface area contributed by atoms with Crippen molar-refractivity contribution in [3.8, 4) is 0 Å². The predicted molar refractivity (Wildman–Crippen MR) is 131 cm³/mol. The van der Waals surface area contributed by atoms with Gasteiger partial charge < -0.3 is 19.8 Å². The van der Waals surface area contributed by atoms with Gasteiger partial charge in [-0.1, -0.05) is 20.8 Å². The van der Waals surface area contributed by atoms with Crippen LogP contribution in [-0.4, -0.2) is 59.5 Å². The minimum Gasteiger partial charge on any atom is -0.446 e. The molecule has 1 aliphatic heterocycles. The maximum atomic E-state index is 11.0. The van der Waals surface area contributed by atoms with Crippen LogP contribution in [0.5, 0.6) is 0 Å². The molecule has 2 aromatic rings. The quantitative estimate of drug-likeness (QED) is 0.462. The summed E-state index contributed by atoms with van der Waals surface area (Å²) in [5, 5.41) is 6.07. The number of halogens is 1. The summed E-state index contributed by atoms with van der Waals surface area (Å²) in [5.74, 6) is 0.833. The number of anilines is 1. The molecule has 1 saturated heterocycles. The molecule has 4 rings (SSSR count). The van der Waals surface area contributed by atoms with E-state index in [1.807, 2.05) is 11.6 Å². The first-order chi connectivity index (χ1) is 15.4. The number of carbonyl (C=O) groups excluding carboxylic acids is 1. The molecule has 1 aliphatic carbocycles. The van der Waals surface area contributed by atoms with Crippen LogP contribution in [0.3, 0.4) is 0 Å². The van der Waals surface area contributed by atoms with Crippen molar-refractivity contribution in [2.24, 2.45) is 5.73 Å². The summed E-state index contributed by atoms with van der Waals surface area (Å²) in [7, 11) is -1.85. The van der Waals surface area contributed by atoms with Gasteiger partial charge >= 0.3 is 6.09 Å². The lowest BCUT2D eigenvalue weighted by molar-refractivity contribution is 0.0243. The van der Waals surface area contributed by atoms with Gasteiger partial charge in [-0.05, 0) is 49.5 Å². The first-order valence-corrected chi connectivity index (χ1v) is 14.9. The van der Waals surface area contributed by atoms with Gasteiger partial charge in [-0.25, -0.2) is 9.48 Å². The summed E-state index contributed by atoms with van der Waals surface area (Å²) in [6.07, 6.45) is 2.52. The molecular weight excluding hydrogens is 460 g/mol. The Labute approximate surface area is 201 Å². The summed E-state index contributed by atoms with van der Waals surface area (Å²) in [6.45, 7) is 14.9. The van der Waals surface area contributed by atoms with Crippen molar-refractivity contribution in [3.05, 3.63) is 11.0 Å². The molecule has 1 atom stereocenters. The molecule has 0 unspecified atom stereocenters. The molecule has 2 aromatic heterocycles. The van der Waals surface area contributed by atoms with Gasteiger partial charge in [0.1, 0.15) is 11.9 Å². The summed E-state index contributed by atoms with van der Waals surface area (Å²) < 4.78 is 13.6. The van der Waals surface area contributed by atoms with Crippen LogP contribution in [0.25, 0.3) is 11.0 Å². The van der Waals surface area contributed by atoms with E-state index in [1.165, 1.54) is 0 Å². The third-order valence-electron chi connectivity index (χ3n) is 7.47. The SMILES string of the molecule is Cc1nn(C2CC(OC(N)=O)C2)c2nc(Cl)nc(N3CCC[C@H]3CO[Si](C)(C)C(C)(C)C)c12. The van der Waals surface area contributed by atoms with Crippen molar-refractivity contribution < 1.29 is 14.0 Å². The highest BCUT2D eigenvalue weighted by Crippen LogP contribution is 2.40. The van der Waals surface area contributed by atoms with Gasteiger partial charge in [-0.2, -0.15) is 15.1 Å². The predicted octanol–water partition coefficient (Wildman–Crippen LogP) is 4.58. The average molecular weight is 495 g/mol. The van der Waals surface area contributed by atoms with Gasteiger partial charge in [0.15, 0.2) is 14.0 Å². The highest BCUT2D eigenvalue weighted by Gasteiger charge is 2.40.